The van der Waals surface area contributed by atoms with Crippen molar-refractivity contribution in [1.29, 1.82) is 5.26 Å². The first-order valence-electron chi connectivity index (χ1n) is 7.84. The summed E-state index contributed by atoms with van der Waals surface area (Å²) in [7, 11) is 0. The summed E-state index contributed by atoms with van der Waals surface area (Å²) in [6.07, 6.45) is 4.59. The minimum absolute atomic E-state index is 0.284. The van der Waals surface area contributed by atoms with Gasteiger partial charge in [-0.05, 0) is 42.8 Å². The number of pyridine rings is 1. The summed E-state index contributed by atoms with van der Waals surface area (Å²) >= 11 is 0. The Hall–Kier alpha value is -3.92. The van der Waals surface area contributed by atoms with E-state index < -0.39 is 0 Å². The zero-order valence-electron chi connectivity index (χ0n) is 13.8. The summed E-state index contributed by atoms with van der Waals surface area (Å²) < 4.78 is 5.12. The second-order valence-corrected chi connectivity index (χ2v) is 5.80. The van der Waals surface area contributed by atoms with Gasteiger partial charge in [-0.15, -0.1) is 0 Å². The lowest BCUT2D eigenvalue weighted by atomic mass is 10.1. The number of anilines is 1. The molecule has 0 saturated heterocycles. The summed E-state index contributed by atoms with van der Waals surface area (Å²) in [5, 5.41) is 19.9. The number of fused-ring (bicyclic) bond motifs is 1. The Morgan fingerprint density at radius 1 is 1.31 bits per heavy atom. The van der Waals surface area contributed by atoms with E-state index in [1.54, 1.807) is 31.6 Å². The first-order valence-corrected chi connectivity index (χ1v) is 7.84. The zero-order valence-corrected chi connectivity index (χ0v) is 13.8. The molecule has 0 saturated carbocycles. The number of aromatic amines is 1. The third-order valence-corrected chi connectivity index (χ3v) is 4.04. The van der Waals surface area contributed by atoms with Crippen LogP contribution in [0.25, 0.3) is 22.2 Å². The van der Waals surface area contributed by atoms with E-state index in [4.69, 9.17) is 9.68 Å². The number of aromatic nitrogens is 3. The van der Waals surface area contributed by atoms with Crippen LogP contribution >= 0.6 is 0 Å². The quantitative estimate of drug-likeness (QED) is 0.590. The number of nitrogens with zero attached hydrogens (tertiary/aromatic N) is 3. The van der Waals surface area contributed by atoms with Crippen molar-refractivity contribution in [1.82, 2.24) is 15.2 Å². The lowest BCUT2D eigenvalue weighted by molar-refractivity contribution is 0.102. The Labute approximate surface area is 148 Å². The highest BCUT2D eigenvalue weighted by Crippen LogP contribution is 2.28. The molecule has 0 bridgehead atoms. The first-order chi connectivity index (χ1) is 12.7. The minimum atomic E-state index is -0.334. The molecule has 7 nitrogen and oxygen atoms in total. The van der Waals surface area contributed by atoms with Gasteiger partial charge in [-0.1, -0.05) is 0 Å². The molecule has 126 valence electrons. The molecule has 7 heteroatoms. The van der Waals surface area contributed by atoms with Crippen LogP contribution in [0.15, 0.2) is 53.5 Å². The molecule has 4 aromatic rings. The van der Waals surface area contributed by atoms with E-state index in [9.17, 15) is 4.79 Å². The normalized spacial score (nSPS) is 10.6. The second kappa shape index (κ2) is 6.18. The number of furan rings is 1. The molecule has 3 heterocycles. The topological polar surface area (TPSA) is 108 Å². The molecule has 2 N–H and O–H groups in total. The Morgan fingerprint density at radius 3 is 2.92 bits per heavy atom. The minimum Gasteiger partial charge on any atom is -0.472 e. The number of hydrogen-bond acceptors (Lipinski definition) is 5. The van der Waals surface area contributed by atoms with E-state index in [-0.39, 0.29) is 11.6 Å². The van der Waals surface area contributed by atoms with Crippen LogP contribution in [0.1, 0.15) is 21.6 Å². The highest BCUT2D eigenvalue weighted by Gasteiger charge is 2.14. The van der Waals surface area contributed by atoms with E-state index in [0.29, 0.717) is 16.8 Å². The number of carbonyl (C=O) groups is 1. The van der Waals surface area contributed by atoms with Crippen LogP contribution in [0.3, 0.4) is 0 Å². The molecule has 0 aliphatic rings. The third-order valence-electron chi connectivity index (χ3n) is 4.04. The molecule has 0 unspecified atom stereocenters. The predicted molar refractivity (Wildman–Crippen MR) is 95.4 cm³/mol. The van der Waals surface area contributed by atoms with E-state index in [1.165, 1.54) is 6.20 Å². The molecule has 3 aromatic heterocycles. The zero-order chi connectivity index (χ0) is 18.1. The molecular weight excluding hydrogens is 330 g/mol. The number of benzene rings is 1. The fraction of sp³-hybridized carbons (Fsp3) is 0.0526. The number of aryl methyl sites for hydroxylation is 1. The van der Waals surface area contributed by atoms with Gasteiger partial charge in [0.15, 0.2) is 0 Å². The van der Waals surface area contributed by atoms with E-state index in [1.807, 2.05) is 24.3 Å². The van der Waals surface area contributed by atoms with Crippen molar-refractivity contribution in [2.75, 3.05) is 5.32 Å². The van der Waals surface area contributed by atoms with Crippen molar-refractivity contribution in [3.05, 3.63) is 65.9 Å². The first kappa shape index (κ1) is 15.6. The van der Waals surface area contributed by atoms with Crippen molar-refractivity contribution >= 4 is 22.5 Å². The molecule has 1 aromatic carbocycles. The largest absolute Gasteiger partial charge is 0.472 e. The van der Waals surface area contributed by atoms with Gasteiger partial charge in [-0.2, -0.15) is 10.4 Å². The van der Waals surface area contributed by atoms with Crippen molar-refractivity contribution in [2.45, 2.75) is 6.92 Å². The van der Waals surface area contributed by atoms with Gasteiger partial charge in [0.2, 0.25) is 0 Å². The lowest BCUT2D eigenvalue weighted by Gasteiger charge is -2.07. The van der Waals surface area contributed by atoms with Crippen LogP contribution in [-0.4, -0.2) is 21.1 Å². The van der Waals surface area contributed by atoms with E-state index in [2.05, 4.69) is 20.5 Å². The van der Waals surface area contributed by atoms with E-state index >= 15 is 0 Å². The van der Waals surface area contributed by atoms with Gasteiger partial charge in [-0.3, -0.25) is 9.89 Å². The van der Waals surface area contributed by atoms with Crippen LogP contribution in [0, 0.1) is 18.3 Å². The fourth-order valence-electron chi connectivity index (χ4n) is 2.77. The second-order valence-electron chi connectivity index (χ2n) is 5.80. The van der Waals surface area contributed by atoms with E-state index in [0.717, 1.165) is 22.2 Å². The number of hydrogen-bond donors (Lipinski definition) is 2. The SMILES string of the molecule is Cc1cc(C#N)cnc1C(=O)Nc1ccc2[nH]nc(-c3ccoc3)c2c1. The number of nitrogens with one attached hydrogen (secondary N) is 2. The molecule has 0 atom stereocenters. The molecular formula is C19H13N5O2. The molecule has 0 spiro atoms. The molecule has 4 rings (SSSR count). The Bertz CT molecular complexity index is 1150. The monoisotopic (exact) mass is 343 g/mol. The molecule has 0 aliphatic carbocycles. The van der Waals surface area contributed by atoms with Crippen LogP contribution in [0.4, 0.5) is 5.69 Å². The molecule has 0 radical (unpaired) electrons. The highest BCUT2D eigenvalue weighted by molar-refractivity contribution is 6.05. The van der Waals surface area contributed by atoms with Crippen LogP contribution in [0.5, 0.6) is 0 Å². The molecule has 0 fully saturated rings. The number of rotatable bonds is 3. The van der Waals surface area contributed by atoms with Crippen molar-refractivity contribution in [3.8, 4) is 17.3 Å². The average Bonchev–Trinajstić information content (AvgIpc) is 3.30. The van der Waals surface area contributed by atoms with Crippen LogP contribution in [-0.2, 0) is 0 Å². The maximum Gasteiger partial charge on any atom is 0.274 e. The number of carbonyl (C=O) groups excluding carboxylic acids is 1. The predicted octanol–water partition coefficient (Wildman–Crippen LogP) is 3.65. The number of amides is 1. The highest BCUT2D eigenvalue weighted by atomic mass is 16.3. The van der Waals surface area contributed by atoms with Gasteiger partial charge in [0.05, 0.1) is 23.6 Å². The molecule has 1 amide bonds. The number of nitriles is 1. The van der Waals surface area contributed by atoms with Crippen molar-refractivity contribution in [2.24, 2.45) is 0 Å². The summed E-state index contributed by atoms with van der Waals surface area (Å²) in [6, 6.07) is 11.0. The van der Waals surface area contributed by atoms with Crippen LogP contribution < -0.4 is 5.32 Å². The molecule has 26 heavy (non-hydrogen) atoms. The third kappa shape index (κ3) is 2.70. The van der Waals surface area contributed by atoms with Gasteiger partial charge in [0, 0.05) is 22.8 Å². The summed E-state index contributed by atoms with van der Waals surface area (Å²) in [6.45, 7) is 1.75. The van der Waals surface area contributed by atoms with Gasteiger partial charge in [0.1, 0.15) is 17.5 Å². The van der Waals surface area contributed by atoms with Gasteiger partial charge < -0.3 is 9.73 Å². The lowest BCUT2D eigenvalue weighted by Crippen LogP contribution is -2.15. The van der Waals surface area contributed by atoms with Gasteiger partial charge >= 0.3 is 0 Å². The maximum atomic E-state index is 12.5. The Balaban J connectivity index is 1.66. The smallest absolute Gasteiger partial charge is 0.274 e. The summed E-state index contributed by atoms with van der Waals surface area (Å²) in [5.41, 5.74) is 4.42. The van der Waals surface area contributed by atoms with Crippen molar-refractivity contribution in [3.63, 3.8) is 0 Å². The summed E-state index contributed by atoms with van der Waals surface area (Å²) in [5.74, 6) is -0.334. The number of H-pyrrole nitrogens is 1. The van der Waals surface area contributed by atoms with Gasteiger partial charge in [0.25, 0.3) is 5.91 Å². The van der Waals surface area contributed by atoms with Gasteiger partial charge in [-0.25, -0.2) is 4.98 Å². The summed E-state index contributed by atoms with van der Waals surface area (Å²) in [4.78, 5) is 16.6. The Kier molecular flexibility index (Phi) is 3.71. The fourth-order valence-corrected chi connectivity index (χ4v) is 2.77. The Morgan fingerprint density at radius 2 is 2.19 bits per heavy atom. The standard InChI is InChI=1S/C19H13N5O2/c1-11-6-12(8-20)9-21-17(11)19(25)22-14-2-3-16-15(7-14)18(24-23-16)13-4-5-26-10-13/h2-7,9-10H,1H3,(H,22,25)(H,23,24). The molecule has 0 aliphatic heterocycles. The maximum absolute atomic E-state index is 12.5. The van der Waals surface area contributed by atoms with Crippen LogP contribution in [0.2, 0.25) is 0 Å². The van der Waals surface area contributed by atoms with Crippen molar-refractivity contribution < 1.29 is 9.21 Å². The average molecular weight is 343 g/mol.